The first kappa shape index (κ1) is 22.1. The summed E-state index contributed by atoms with van der Waals surface area (Å²) in [5.41, 5.74) is 0.788. The van der Waals surface area contributed by atoms with E-state index in [9.17, 15) is 19.2 Å². The van der Waals surface area contributed by atoms with Crippen LogP contribution in [-0.2, 0) is 9.59 Å². The Labute approximate surface area is 194 Å². The fraction of sp³-hybridized carbons (Fsp3) is 0.217. The Morgan fingerprint density at radius 3 is 2.44 bits per heavy atom. The molecule has 2 saturated heterocycles. The van der Waals surface area contributed by atoms with E-state index in [1.807, 2.05) is 0 Å². The van der Waals surface area contributed by atoms with E-state index in [1.54, 1.807) is 53.4 Å². The summed E-state index contributed by atoms with van der Waals surface area (Å²) in [6, 6.07) is 13.0. The summed E-state index contributed by atoms with van der Waals surface area (Å²) in [6.45, 7) is 1.03. The molecular formula is C23H19ClN2O5S. The molecule has 2 aromatic rings. The van der Waals surface area contributed by atoms with Crippen LogP contribution in [-0.4, -0.2) is 52.5 Å². The molecular weight excluding hydrogens is 452 g/mol. The van der Waals surface area contributed by atoms with Crippen LogP contribution < -0.4 is 4.74 Å². The van der Waals surface area contributed by atoms with Gasteiger partial charge in [0.15, 0.2) is 0 Å². The average Bonchev–Trinajstić information content (AvgIpc) is 3.40. The number of ether oxygens (including phenoxy) is 1. The molecule has 7 nitrogen and oxygen atoms in total. The smallest absolute Gasteiger partial charge is 0.343 e. The second-order valence-electron chi connectivity index (χ2n) is 7.29. The fourth-order valence-corrected chi connectivity index (χ4v) is 4.37. The lowest BCUT2D eigenvalue weighted by molar-refractivity contribution is -0.135. The number of likely N-dealkylation sites (tertiary alicyclic amines) is 1. The maximum absolute atomic E-state index is 12.8. The van der Waals surface area contributed by atoms with E-state index in [0.29, 0.717) is 29.2 Å². The Bertz CT molecular complexity index is 1110. The number of nitrogens with zero attached hydrogens (tertiary/aromatic N) is 2. The van der Waals surface area contributed by atoms with Gasteiger partial charge in [-0.1, -0.05) is 29.8 Å². The molecule has 0 saturated carbocycles. The molecule has 32 heavy (non-hydrogen) atoms. The van der Waals surface area contributed by atoms with Crippen molar-refractivity contribution < 1.29 is 23.9 Å². The molecule has 4 rings (SSSR count). The maximum Gasteiger partial charge on any atom is 0.343 e. The molecule has 2 fully saturated rings. The second-order valence-corrected chi connectivity index (χ2v) is 8.72. The summed E-state index contributed by atoms with van der Waals surface area (Å²) in [5.74, 6) is -1.10. The van der Waals surface area contributed by atoms with Crippen molar-refractivity contribution in [2.75, 3.05) is 19.6 Å². The van der Waals surface area contributed by atoms with Crippen LogP contribution >= 0.6 is 23.4 Å². The Morgan fingerprint density at radius 2 is 1.72 bits per heavy atom. The van der Waals surface area contributed by atoms with Crippen molar-refractivity contribution in [1.82, 2.24) is 9.80 Å². The van der Waals surface area contributed by atoms with Crippen molar-refractivity contribution in [3.8, 4) is 5.75 Å². The number of rotatable bonds is 5. The van der Waals surface area contributed by atoms with Crippen LogP contribution in [0.25, 0.3) is 6.08 Å². The van der Waals surface area contributed by atoms with Gasteiger partial charge in [-0.15, -0.1) is 0 Å². The monoisotopic (exact) mass is 470 g/mol. The normalized spacial score (nSPS) is 17.3. The van der Waals surface area contributed by atoms with Gasteiger partial charge in [-0.2, -0.15) is 0 Å². The molecule has 0 N–H and O–H groups in total. The summed E-state index contributed by atoms with van der Waals surface area (Å²) in [7, 11) is 0. The molecule has 0 radical (unpaired) electrons. The number of esters is 1. The molecule has 2 aliphatic rings. The highest BCUT2D eigenvalue weighted by molar-refractivity contribution is 8.18. The minimum atomic E-state index is -0.577. The lowest BCUT2D eigenvalue weighted by Crippen LogP contribution is -2.40. The first-order chi connectivity index (χ1) is 15.4. The van der Waals surface area contributed by atoms with Crippen LogP contribution in [0, 0.1) is 0 Å². The van der Waals surface area contributed by atoms with Crippen LogP contribution in [0.3, 0.4) is 0 Å². The summed E-state index contributed by atoms with van der Waals surface area (Å²) in [5, 5.41) is 0.00493. The molecule has 0 bridgehead atoms. The van der Waals surface area contributed by atoms with Crippen molar-refractivity contribution in [2.24, 2.45) is 0 Å². The van der Waals surface area contributed by atoms with Gasteiger partial charge in [0, 0.05) is 23.7 Å². The quantitative estimate of drug-likeness (QED) is 0.369. The molecule has 2 aliphatic heterocycles. The number of thioether (sulfide) groups is 1. The number of imide groups is 1. The number of carbonyl (C=O) groups excluding carboxylic acids is 4. The van der Waals surface area contributed by atoms with Crippen LogP contribution in [0.2, 0.25) is 5.02 Å². The lowest BCUT2D eigenvalue weighted by Gasteiger charge is -2.18. The number of carbonyl (C=O) groups is 4. The molecule has 0 atom stereocenters. The summed E-state index contributed by atoms with van der Waals surface area (Å²) in [4.78, 5) is 52.8. The van der Waals surface area contributed by atoms with E-state index in [4.69, 9.17) is 16.3 Å². The third-order valence-electron chi connectivity index (χ3n) is 5.11. The highest BCUT2D eigenvalue weighted by atomic mass is 35.5. The lowest BCUT2D eigenvalue weighted by atomic mass is 10.1. The van der Waals surface area contributed by atoms with E-state index in [1.165, 1.54) is 6.08 Å². The van der Waals surface area contributed by atoms with E-state index < -0.39 is 17.1 Å². The minimum absolute atomic E-state index is 0.166. The van der Waals surface area contributed by atoms with Gasteiger partial charge in [-0.05, 0) is 61.0 Å². The highest BCUT2D eigenvalue weighted by Crippen LogP contribution is 2.34. The Balaban J connectivity index is 1.50. The van der Waals surface area contributed by atoms with Crippen LogP contribution in [0.5, 0.6) is 5.75 Å². The van der Waals surface area contributed by atoms with E-state index in [0.717, 1.165) is 29.5 Å². The Morgan fingerprint density at radius 1 is 1.03 bits per heavy atom. The number of benzene rings is 2. The van der Waals surface area contributed by atoms with Gasteiger partial charge in [0.1, 0.15) is 12.3 Å². The van der Waals surface area contributed by atoms with Crippen molar-refractivity contribution in [3.05, 3.63) is 69.6 Å². The molecule has 0 unspecified atom stereocenters. The van der Waals surface area contributed by atoms with Crippen molar-refractivity contribution in [3.63, 3.8) is 0 Å². The molecule has 9 heteroatoms. The molecule has 3 amide bonds. The topological polar surface area (TPSA) is 84.0 Å². The molecule has 164 valence electrons. The first-order valence-electron chi connectivity index (χ1n) is 10.0. The zero-order valence-corrected chi connectivity index (χ0v) is 18.5. The van der Waals surface area contributed by atoms with Gasteiger partial charge in [0.2, 0.25) is 5.91 Å². The number of para-hydroxylation sites is 1. The number of halogens is 1. The molecule has 0 aliphatic carbocycles. The zero-order valence-electron chi connectivity index (χ0n) is 17.0. The van der Waals surface area contributed by atoms with Gasteiger partial charge < -0.3 is 9.64 Å². The largest absolute Gasteiger partial charge is 0.422 e. The fourth-order valence-electron chi connectivity index (χ4n) is 3.42. The average molecular weight is 471 g/mol. The predicted octanol–water partition coefficient (Wildman–Crippen LogP) is 4.22. The number of amides is 3. The summed E-state index contributed by atoms with van der Waals surface area (Å²) >= 11 is 6.61. The van der Waals surface area contributed by atoms with Crippen LogP contribution in [0.4, 0.5) is 4.79 Å². The number of hydrogen-bond acceptors (Lipinski definition) is 6. The standard InChI is InChI=1S/C23H19ClN2O5S/c24-17-9-7-15(8-10-17)22(29)31-18-6-2-1-5-16(18)13-19-21(28)26(23(30)32-19)14-20(27)25-11-3-4-12-25/h1-2,5-10,13H,3-4,11-12,14H2/b19-13-. The summed E-state index contributed by atoms with van der Waals surface area (Å²) < 4.78 is 5.50. The van der Waals surface area contributed by atoms with Crippen LogP contribution in [0.15, 0.2) is 53.4 Å². The zero-order chi connectivity index (χ0) is 22.7. The SMILES string of the molecule is O=C(Oc1ccccc1/C=C1\SC(=O)N(CC(=O)N2CCCC2)C1=O)c1ccc(Cl)cc1. The number of hydrogen-bond donors (Lipinski definition) is 0. The van der Waals surface area contributed by atoms with Gasteiger partial charge >= 0.3 is 5.97 Å². The molecule has 2 heterocycles. The minimum Gasteiger partial charge on any atom is -0.422 e. The van der Waals surface area contributed by atoms with Gasteiger partial charge in [0.05, 0.1) is 10.5 Å². The van der Waals surface area contributed by atoms with E-state index in [-0.39, 0.29) is 23.1 Å². The van der Waals surface area contributed by atoms with E-state index >= 15 is 0 Å². The van der Waals surface area contributed by atoms with Crippen molar-refractivity contribution >= 4 is 52.5 Å². The molecule has 2 aromatic carbocycles. The highest BCUT2D eigenvalue weighted by Gasteiger charge is 2.37. The van der Waals surface area contributed by atoms with E-state index in [2.05, 4.69) is 0 Å². The summed E-state index contributed by atoms with van der Waals surface area (Å²) in [6.07, 6.45) is 3.35. The van der Waals surface area contributed by atoms with Crippen LogP contribution in [0.1, 0.15) is 28.8 Å². The van der Waals surface area contributed by atoms with Gasteiger partial charge in [-0.3, -0.25) is 19.3 Å². The van der Waals surface area contributed by atoms with Gasteiger partial charge in [-0.25, -0.2) is 4.79 Å². The maximum atomic E-state index is 12.8. The third-order valence-corrected chi connectivity index (χ3v) is 6.27. The Hall–Kier alpha value is -3.10. The Kier molecular flexibility index (Phi) is 6.62. The van der Waals surface area contributed by atoms with Crippen molar-refractivity contribution in [2.45, 2.75) is 12.8 Å². The third kappa shape index (κ3) is 4.87. The molecule has 0 spiro atoms. The van der Waals surface area contributed by atoms with Gasteiger partial charge in [0.25, 0.3) is 11.1 Å². The first-order valence-corrected chi connectivity index (χ1v) is 11.2. The second kappa shape index (κ2) is 9.58. The predicted molar refractivity (Wildman–Crippen MR) is 121 cm³/mol. The van der Waals surface area contributed by atoms with Crippen molar-refractivity contribution in [1.29, 1.82) is 0 Å². The molecule has 0 aromatic heterocycles.